The topological polar surface area (TPSA) is 122 Å². The maximum absolute atomic E-state index is 13.1. The molecule has 1 unspecified atom stereocenters. The zero-order valence-corrected chi connectivity index (χ0v) is 16.5. The van der Waals surface area contributed by atoms with E-state index in [1.807, 2.05) is 0 Å². The number of morpholine rings is 1. The fourth-order valence-electron chi connectivity index (χ4n) is 4.65. The number of carbonyl (C=O) groups excluding carboxylic acids is 3. The van der Waals surface area contributed by atoms with E-state index in [-0.39, 0.29) is 30.8 Å². The molecule has 8 nitrogen and oxygen atoms in total. The van der Waals surface area contributed by atoms with E-state index in [1.165, 1.54) is 6.42 Å². The van der Waals surface area contributed by atoms with Crippen molar-refractivity contribution in [1.82, 2.24) is 10.2 Å². The van der Waals surface area contributed by atoms with Crippen LogP contribution in [0.25, 0.3) is 0 Å². The zero-order valence-electron chi connectivity index (χ0n) is 16.5. The average molecular weight is 396 g/mol. The molecule has 3 fully saturated rings. The molecule has 2 saturated carbocycles. The lowest BCUT2D eigenvalue weighted by Gasteiger charge is -2.30. The van der Waals surface area contributed by atoms with Crippen molar-refractivity contribution in [2.45, 2.75) is 56.9 Å². The lowest BCUT2D eigenvalue weighted by atomic mass is 9.81. The van der Waals surface area contributed by atoms with Crippen molar-refractivity contribution in [3.63, 3.8) is 0 Å². The summed E-state index contributed by atoms with van der Waals surface area (Å²) in [6.07, 6.45) is 6.86. The molecule has 0 bridgehead atoms. The molecule has 8 heteroatoms. The quantitative estimate of drug-likeness (QED) is 0.541. The summed E-state index contributed by atoms with van der Waals surface area (Å²) in [5.74, 6) is -1.33. The highest BCUT2D eigenvalue weighted by molar-refractivity contribution is 5.95. The molecule has 0 spiro atoms. The third-order valence-electron chi connectivity index (χ3n) is 6.61. The van der Waals surface area contributed by atoms with Crippen LogP contribution >= 0.6 is 0 Å². The average Bonchev–Trinajstić information content (AvgIpc) is 3.43. The van der Waals surface area contributed by atoms with Crippen LogP contribution in [0.1, 0.15) is 51.4 Å². The Labute approximate surface area is 166 Å². The lowest BCUT2D eigenvalue weighted by Crippen LogP contribution is -2.51. The van der Waals surface area contributed by atoms with Crippen molar-refractivity contribution in [3.8, 4) is 0 Å². The molecule has 0 aromatic heterocycles. The van der Waals surface area contributed by atoms with Crippen molar-refractivity contribution < 1.29 is 24.2 Å². The monoisotopic (exact) mass is 395 g/mol. The first-order chi connectivity index (χ1) is 13.5. The van der Waals surface area contributed by atoms with Gasteiger partial charge in [0.15, 0.2) is 0 Å². The fourth-order valence-corrected chi connectivity index (χ4v) is 4.65. The summed E-state index contributed by atoms with van der Waals surface area (Å²) >= 11 is 0. The number of nitrogens with one attached hydrogen (secondary N) is 1. The van der Waals surface area contributed by atoms with Crippen molar-refractivity contribution in [2.75, 3.05) is 32.9 Å². The van der Waals surface area contributed by atoms with Crippen LogP contribution in [0.4, 0.5) is 0 Å². The Kier molecular flexibility index (Phi) is 6.93. The van der Waals surface area contributed by atoms with Crippen LogP contribution in [0.3, 0.4) is 0 Å². The smallest absolute Gasteiger partial charge is 0.243 e. The van der Waals surface area contributed by atoms with Gasteiger partial charge < -0.3 is 25.8 Å². The van der Waals surface area contributed by atoms with Gasteiger partial charge in [-0.1, -0.05) is 32.1 Å². The maximum Gasteiger partial charge on any atom is 0.243 e. The van der Waals surface area contributed by atoms with Crippen LogP contribution in [-0.4, -0.2) is 66.2 Å². The molecular formula is C20H33N3O5. The van der Waals surface area contributed by atoms with E-state index >= 15 is 0 Å². The predicted molar refractivity (Wildman–Crippen MR) is 102 cm³/mol. The Bertz CT molecular complexity index is 586. The molecule has 1 heterocycles. The molecule has 0 radical (unpaired) electrons. The second kappa shape index (κ2) is 9.22. The highest BCUT2D eigenvalue weighted by Crippen LogP contribution is 2.43. The summed E-state index contributed by atoms with van der Waals surface area (Å²) in [7, 11) is 0. The van der Waals surface area contributed by atoms with Gasteiger partial charge in [-0.25, -0.2) is 0 Å². The van der Waals surface area contributed by atoms with E-state index in [2.05, 4.69) is 5.32 Å². The molecule has 28 heavy (non-hydrogen) atoms. The van der Waals surface area contributed by atoms with Crippen LogP contribution in [0.5, 0.6) is 0 Å². The van der Waals surface area contributed by atoms with Gasteiger partial charge in [-0.2, -0.15) is 0 Å². The first-order valence-electron chi connectivity index (χ1n) is 10.5. The van der Waals surface area contributed by atoms with E-state index in [1.54, 1.807) is 4.90 Å². The maximum atomic E-state index is 13.1. The van der Waals surface area contributed by atoms with Crippen molar-refractivity contribution in [3.05, 3.63) is 0 Å². The standard InChI is InChI=1S/C20H33N3O5/c21-19(27)20(12-16(20)13-24)22-18(26)15(10-14-4-2-1-3-5-14)11-17(25)23-6-8-28-9-7-23/h14-16,24H,1-13H2,(H2,21,27)(H,22,26)/t15-,16?,20+/m1/s1. The van der Waals surface area contributed by atoms with E-state index in [9.17, 15) is 19.5 Å². The van der Waals surface area contributed by atoms with Crippen LogP contribution in [0.2, 0.25) is 0 Å². The van der Waals surface area contributed by atoms with Gasteiger partial charge in [0.2, 0.25) is 17.7 Å². The SMILES string of the molecule is NC(=O)[C@]1(NC(=O)[C@@H](CC(=O)N2CCOCC2)CC2CCCCC2)CC1CO. The first-order valence-corrected chi connectivity index (χ1v) is 10.5. The van der Waals surface area contributed by atoms with Crippen LogP contribution in [0.15, 0.2) is 0 Å². The molecule has 3 amide bonds. The van der Waals surface area contributed by atoms with Gasteiger partial charge in [0.05, 0.1) is 13.2 Å². The second-order valence-corrected chi connectivity index (χ2v) is 8.54. The summed E-state index contributed by atoms with van der Waals surface area (Å²) in [6.45, 7) is 1.95. The number of nitrogens with zero attached hydrogens (tertiary/aromatic N) is 1. The Morgan fingerprint density at radius 2 is 1.86 bits per heavy atom. The third kappa shape index (κ3) is 4.84. The number of primary amides is 1. The number of aliphatic hydroxyl groups excluding tert-OH is 1. The highest BCUT2D eigenvalue weighted by atomic mass is 16.5. The molecule has 4 N–H and O–H groups in total. The molecule has 3 atom stereocenters. The Balaban J connectivity index is 1.66. The third-order valence-corrected chi connectivity index (χ3v) is 6.61. The fraction of sp³-hybridized carbons (Fsp3) is 0.850. The number of carbonyl (C=O) groups is 3. The summed E-state index contributed by atoms with van der Waals surface area (Å²) in [4.78, 5) is 39.4. The summed E-state index contributed by atoms with van der Waals surface area (Å²) < 4.78 is 5.30. The molecule has 1 aliphatic heterocycles. The minimum Gasteiger partial charge on any atom is -0.396 e. The van der Waals surface area contributed by atoms with Crippen LogP contribution in [0, 0.1) is 17.8 Å². The van der Waals surface area contributed by atoms with E-state index in [0.717, 1.165) is 25.7 Å². The number of hydrogen-bond donors (Lipinski definition) is 3. The predicted octanol–water partition coefficient (Wildman–Crippen LogP) is 0.174. The molecule has 0 aromatic rings. The molecule has 1 saturated heterocycles. The largest absolute Gasteiger partial charge is 0.396 e. The number of amides is 3. The normalized spacial score (nSPS) is 29.2. The first kappa shape index (κ1) is 21.0. The van der Waals surface area contributed by atoms with Gasteiger partial charge >= 0.3 is 0 Å². The molecule has 2 aliphatic carbocycles. The molecule has 3 aliphatic rings. The number of nitrogens with two attached hydrogens (primary N) is 1. The molecule has 0 aromatic carbocycles. The minimum absolute atomic E-state index is 0.0399. The number of hydrogen-bond acceptors (Lipinski definition) is 5. The van der Waals surface area contributed by atoms with E-state index in [4.69, 9.17) is 10.5 Å². The number of ether oxygens (including phenoxy) is 1. The van der Waals surface area contributed by atoms with Crippen molar-refractivity contribution in [1.29, 1.82) is 0 Å². The Hall–Kier alpha value is -1.67. The van der Waals surface area contributed by atoms with Gasteiger partial charge in [0, 0.05) is 38.0 Å². The van der Waals surface area contributed by atoms with Crippen molar-refractivity contribution >= 4 is 17.7 Å². The molecular weight excluding hydrogens is 362 g/mol. The second-order valence-electron chi connectivity index (χ2n) is 8.54. The lowest BCUT2D eigenvalue weighted by molar-refractivity contribution is -0.140. The van der Waals surface area contributed by atoms with Crippen LogP contribution in [-0.2, 0) is 19.1 Å². The zero-order chi connectivity index (χ0) is 20.1. The summed E-state index contributed by atoms with van der Waals surface area (Å²) in [5, 5.41) is 12.2. The molecule has 3 rings (SSSR count). The Morgan fingerprint density at radius 1 is 1.18 bits per heavy atom. The van der Waals surface area contributed by atoms with Gasteiger partial charge in [-0.15, -0.1) is 0 Å². The van der Waals surface area contributed by atoms with Crippen molar-refractivity contribution in [2.24, 2.45) is 23.5 Å². The molecule has 158 valence electrons. The number of aliphatic hydroxyl groups is 1. The van der Waals surface area contributed by atoms with Gasteiger partial charge in [0.1, 0.15) is 5.54 Å². The van der Waals surface area contributed by atoms with Gasteiger partial charge in [-0.3, -0.25) is 14.4 Å². The summed E-state index contributed by atoms with van der Waals surface area (Å²) in [5.41, 5.74) is 4.34. The van der Waals surface area contributed by atoms with Gasteiger partial charge in [-0.05, 0) is 18.8 Å². The van der Waals surface area contributed by atoms with E-state index in [0.29, 0.717) is 45.1 Å². The Morgan fingerprint density at radius 3 is 2.43 bits per heavy atom. The summed E-state index contributed by atoms with van der Waals surface area (Å²) in [6, 6.07) is 0. The van der Waals surface area contributed by atoms with E-state index < -0.39 is 17.4 Å². The number of rotatable bonds is 8. The minimum atomic E-state index is -1.15. The highest BCUT2D eigenvalue weighted by Gasteiger charge is 2.60. The van der Waals surface area contributed by atoms with Gasteiger partial charge in [0.25, 0.3) is 0 Å². The van der Waals surface area contributed by atoms with Crippen LogP contribution < -0.4 is 11.1 Å².